The van der Waals surface area contributed by atoms with Crippen LogP contribution in [0, 0.1) is 10.8 Å². The van der Waals surface area contributed by atoms with Gasteiger partial charge in [0.05, 0.1) is 6.42 Å². The lowest BCUT2D eigenvalue weighted by Crippen LogP contribution is -2.35. The molecule has 0 amide bonds. The van der Waals surface area contributed by atoms with E-state index < -0.39 is 0 Å². The van der Waals surface area contributed by atoms with E-state index in [1.54, 1.807) is 0 Å². The van der Waals surface area contributed by atoms with Gasteiger partial charge in [-0.15, -0.1) is 0 Å². The highest BCUT2D eigenvalue weighted by molar-refractivity contribution is 6.03. The van der Waals surface area contributed by atoms with Gasteiger partial charge in [0.15, 0.2) is 0 Å². The molecule has 0 aliphatic rings. The molecular formula is C47H92O2. The van der Waals surface area contributed by atoms with Crippen LogP contribution in [-0.4, -0.2) is 11.6 Å². The lowest BCUT2D eigenvalue weighted by atomic mass is 9.70. The fraction of sp³-hybridized carbons (Fsp3) is 0.957. The average molecular weight is 689 g/mol. The molecule has 0 spiro atoms. The van der Waals surface area contributed by atoms with Crippen LogP contribution in [0.1, 0.15) is 279 Å². The summed E-state index contributed by atoms with van der Waals surface area (Å²) >= 11 is 0. The van der Waals surface area contributed by atoms with E-state index in [1.165, 1.54) is 180 Å². The van der Waals surface area contributed by atoms with Gasteiger partial charge in [-0.1, -0.05) is 247 Å². The van der Waals surface area contributed by atoms with Crippen molar-refractivity contribution in [1.29, 1.82) is 0 Å². The van der Waals surface area contributed by atoms with E-state index >= 15 is 0 Å². The molecule has 0 radical (unpaired) electrons. The van der Waals surface area contributed by atoms with Gasteiger partial charge in [-0.2, -0.15) is 0 Å². The molecule has 0 atom stereocenters. The first kappa shape index (κ1) is 48.3. The first-order valence-corrected chi connectivity index (χ1v) is 22.9. The Kier molecular flexibility index (Phi) is 34.0. The molecule has 49 heavy (non-hydrogen) atoms. The second-order valence-corrected chi connectivity index (χ2v) is 17.0. The van der Waals surface area contributed by atoms with E-state index in [0.717, 1.165) is 51.4 Å². The molecular weight excluding hydrogens is 597 g/mol. The highest BCUT2D eigenvalue weighted by Gasteiger charge is 2.38. The molecule has 2 nitrogen and oxygen atoms in total. The molecule has 0 aromatic rings. The first-order chi connectivity index (χ1) is 23.8. The summed E-state index contributed by atoms with van der Waals surface area (Å²) in [5.41, 5.74) is -0.671. The van der Waals surface area contributed by atoms with Crippen molar-refractivity contribution in [3.05, 3.63) is 0 Å². The fourth-order valence-electron chi connectivity index (χ4n) is 7.98. The van der Waals surface area contributed by atoms with Gasteiger partial charge in [-0.3, -0.25) is 9.59 Å². The number of Topliss-reactive ketones (excluding diaryl/α,β-unsaturated/α-hetero) is 2. The molecule has 0 saturated carbocycles. The van der Waals surface area contributed by atoms with Crippen LogP contribution in [0.5, 0.6) is 0 Å². The van der Waals surface area contributed by atoms with Crippen molar-refractivity contribution in [3.8, 4) is 0 Å². The van der Waals surface area contributed by atoms with Crippen molar-refractivity contribution in [2.75, 3.05) is 0 Å². The summed E-state index contributed by atoms with van der Waals surface area (Å²) in [5.74, 6) is 0.530. The fourth-order valence-corrected chi connectivity index (χ4v) is 7.98. The van der Waals surface area contributed by atoms with E-state index in [9.17, 15) is 9.59 Å². The van der Waals surface area contributed by atoms with Crippen LogP contribution in [0.4, 0.5) is 0 Å². The lowest BCUT2D eigenvalue weighted by Gasteiger charge is -2.32. The Morgan fingerprint density at radius 3 is 0.633 bits per heavy atom. The maximum atomic E-state index is 14.2. The minimum atomic E-state index is -0.335. The van der Waals surface area contributed by atoms with Crippen LogP contribution in [0.2, 0.25) is 0 Å². The molecule has 0 aliphatic heterocycles. The van der Waals surface area contributed by atoms with Gasteiger partial charge < -0.3 is 0 Å². The highest BCUT2D eigenvalue weighted by atomic mass is 16.2. The van der Waals surface area contributed by atoms with E-state index in [2.05, 4.69) is 41.5 Å². The Balaban J connectivity index is 5.26. The summed E-state index contributed by atoms with van der Waals surface area (Å²) in [7, 11) is 0. The first-order valence-electron chi connectivity index (χ1n) is 22.9. The molecule has 2 heteroatoms. The summed E-state index contributed by atoms with van der Waals surface area (Å²) < 4.78 is 0. The third-order valence-corrected chi connectivity index (χ3v) is 12.0. The number of hydrogen-bond acceptors (Lipinski definition) is 2. The maximum absolute atomic E-state index is 14.2. The SMILES string of the molecule is CCCCCCCCCCC(C)(CCCCCCCCCC)C(=O)CC(=O)C(C)(CCCCCCCCCC)CCCCCCCCCC. The van der Waals surface area contributed by atoms with Crippen molar-refractivity contribution >= 4 is 11.6 Å². The number of unbranched alkanes of at least 4 members (excludes halogenated alkanes) is 28. The van der Waals surface area contributed by atoms with Crippen LogP contribution >= 0.6 is 0 Å². The molecule has 0 N–H and O–H groups in total. The molecule has 0 rings (SSSR count). The van der Waals surface area contributed by atoms with Crippen LogP contribution in [0.25, 0.3) is 0 Å². The number of ketones is 2. The second kappa shape index (κ2) is 34.4. The lowest BCUT2D eigenvalue weighted by molar-refractivity contribution is -0.138. The van der Waals surface area contributed by atoms with Gasteiger partial charge in [0.25, 0.3) is 0 Å². The van der Waals surface area contributed by atoms with Crippen molar-refractivity contribution in [2.24, 2.45) is 10.8 Å². The molecule has 292 valence electrons. The topological polar surface area (TPSA) is 34.1 Å². The molecule has 0 aromatic heterocycles. The van der Waals surface area contributed by atoms with E-state index in [4.69, 9.17) is 0 Å². The van der Waals surface area contributed by atoms with Gasteiger partial charge in [0.1, 0.15) is 11.6 Å². The third kappa shape index (κ3) is 27.6. The zero-order valence-electron chi connectivity index (χ0n) is 35.0. The molecule has 0 saturated heterocycles. The second-order valence-electron chi connectivity index (χ2n) is 17.0. The van der Waals surface area contributed by atoms with Crippen molar-refractivity contribution in [3.63, 3.8) is 0 Å². The molecule has 0 fully saturated rings. The maximum Gasteiger partial charge on any atom is 0.146 e. The molecule has 0 unspecified atom stereocenters. The van der Waals surface area contributed by atoms with E-state index in [1.807, 2.05) is 0 Å². The molecule has 0 aliphatic carbocycles. The largest absolute Gasteiger partial charge is 0.299 e. The van der Waals surface area contributed by atoms with Crippen molar-refractivity contribution < 1.29 is 9.59 Å². The minimum absolute atomic E-state index is 0.176. The predicted octanol–water partition coefficient (Wildman–Crippen LogP) is 16.7. The van der Waals surface area contributed by atoms with Crippen LogP contribution in [0.15, 0.2) is 0 Å². The van der Waals surface area contributed by atoms with E-state index in [-0.39, 0.29) is 28.8 Å². The van der Waals surface area contributed by atoms with Crippen molar-refractivity contribution in [1.82, 2.24) is 0 Å². The zero-order valence-corrected chi connectivity index (χ0v) is 35.0. The summed E-state index contributed by atoms with van der Waals surface area (Å²) in [4.78, 5) is 28.4. The highest BCUT2D eigenvalue weighted by Crippen LogP contribution is 2.38. The summed E-state index contributed by atoms with van der Waals surface area (Å²) in [5, 5.41) is 0. The van der Waals surface area contributed by atoms with Crippen LogP contribution in [-0.2, 0) is 9.59 Å². The van der Waals surface area contributed by atoms with Crippen molar-refractivity contribution in [2.45, 2.75) is 279 Å². The predicted molar refractivity (Wildman–Crippen MR) is 220 cm³/mol. The molecule has 0 heterocycles. The Bertz CT molecular complexity index is 624. The minimum Gasteiger partial charge on any atom is -0.299 e. The summed E-state index contributed by atoms with van der Waals surface area (Å²) in [6.07, 6.45) is 45.5. The Morgan fingerprint density at radius 2 is 0.449 bits per heavy atom. The van der Waals surface area contributed by atoms with Gasteiger partial charge in [0.2, 0.25) is 0 Å². The Labute approximate surface area is 310 Å². The number of carbonyl (C=O) groups excluding carboxylic acids is 2. The quantitative estimate of drug-likeness (QED) is 0.0474. The zero-order chi connectivity index (χ0) is 36.3. The summed E-state index contributed by atoms with van der Waals surface area (Å²) in [6, 6.07) is 0. The molecule has 0 aromatic carbocycles. The van der Waals surface area contributed by atoms with Crippen LogP contribution in [0.3, 0.4) is 0 Å². The van der Waals surface area contributed by atoms with E-state index in [0.29, 0.717) is 0 Å². The normalized spacial score (nSPS) is 12.2. The summed E-state index contributed by atoms with van der Waals surface area (Å²) in [6.45, 7) is 13.6. The third-order valence-electron chi connectivity index (χ3n) is 12.0. The monoisotopic (exact) mass is 689 g/mol. The molecule has 0 bridgehead atoms. The number of carbonyl (C=O) groups is 2. The smallest absolute Gasteiger partial charge is 0.146 e. The Morgan fingerprint density at radius 1 is 0.286 bits per heavy atom. The van der Waals surface area contributed by atoms with Crippen LogP contribution < -0.4 is 0 Å². The standard InChI is InChI=1S/C47H92O2/c1-7-11-15-19-23-27-31-35-39-46(5,40-36-32-28-24-20-16-12-8-2)44(48)43-45(49)47(6,41-37-33-29-25-21-17-13-9-3)42-38-34-30-26-22-18-14-10-4/h7-43H2,1-6H3. The van der Waals surface area contributed by atoms with Gasteiger partial charge in [0, 0.05) is 10.8 Å². The Hall–Kier alpha value is -0.660. The number of hydrogen-bond donors (Lipinski definition) is 0. The van der Waals surface area contributed by atoms with Gasteiger partial charge >= 0.3 is 0 Å². The van der Waals surface area contributed by atoms with Gasteiger partial charge in [-0.05, 0) is 25.7 Å². The van der Waals surface area contributed by atoms with Gasteiger partial charge in [-0.25, -0.2) is 0 Å². The number of rotatable bonds is 40. The average Bonchev–Trinajstić information content (AvgIpc) is 3.09.